The van der Waals surface area contributed by atoms with Crippen molar-refractivity contribution in [2.75, 3.05) is 6.61 Å². The quantitative estimate of drug-likeness (QED) is 0.763. The fourth-order valence-corrected chi connectivity index (χ4v) is 4.19. The molecule has 0 saturated carbocycles. The third-order valence-corrected chi connectivity index (χ3v) is 5.54. The van der Waals surface area contributed by atoms with Crippen molar-refractivity contribution in [2.45, 2.75) is 38.0 Å². The Bertz CT molecular complexity index is 934. The van der Waals surface area contributed by atoms with Crippen LogP contribution in [0.15, 0.2) is 46.8 Å². The maximum absolute atomic E-state index is 12.4. The summed E-state index contributed by atoms with van der Waals surface area (Å²) in [6.45, 7) is 0.391. The fraction of sp³-hybridized carbons (Fsp3) is 0.368. The molecule has 0 unspecified atom stereocenters. The van der Waals surface area contributed by atoms with Crippen LogP contribution in [0.3, 0.4) is 0 Å². The van der Waals surface area contributed by atoms with Gasteiger partial charge in [-0.05, 0) is 41.8 Å². The van der Waals surface area contributed by atoms with E-state index in [0.717, 1.165) is 19.3 Å². The SMILES string of the molecule is O=c1c2sccc2ncn1C[C@@H](O)CO[C@H]1CCCc2ccccc21. The molecule has 1 aromatic carbocycles. The molecule has 5 nitrogen and oxygen atoms in total. The Morgan fingerprint density at radius 1 is 1.36 bits per heavy atom. The van der Waals surface area contributed by atoms with Crippen LogP contribution in [-0.4, -0.2) is 27.4 Å². The van der Waals surface area contributed by atoms with E-state index in [1.165, 1.54) is 33.4 Å². The van der Waals surface area contributed by atoms with Crippen LogP contribution >= 0.6 is 11.3 Å². The van der Waals surface area contributed by atoms with Gasteiger partial charge in [0.2, 0.25) is 0 Å². The zero-order valence-corrected chi connectivity index (χ0v) is 14.6. The number of ether oxygens (including phenoxy) is 1. The number of rotatable bonds is 5. The maximum atomic E-state index is 12.4. The number of nitrogens with zero attached hydrogens (tertiary/aromatic N) is 2. The Morgan fingerprint density at radius 3 is 3.16 bits per heavy atom. The van der Waals surface area contributed by atoms with E-state index in [0.29, 0.717) is 10.2 Å². The van der Waals surface area contributed by atoms with Gasteiger partial charge in [0.05, 0.1) is 37.2 Å². The first kappa shape index (κ1) is 16.4. The van der Waals surface area contributed by atoms with Gasteiger partial charge in [0.15, 0.2) is 0 Å². The molecule has 2 heterocycles. The summed E-state index contributed by atoms with van der Waals surface area (Å²) in [6, 6.07) is 10.1. The van der Waals surface area contributed by atoms with Crippen molar-refractivity contribution in [2.24, 2.45) is 0 Å². The van der Waals surface area contributed by atoms with Crippen LogP contribution in [0.5, 0.6) is 0 Å². The highest BCUT2D eigenvalue weighted by molar-refractivity contribution is 7.17. The Balaban J connectivity index is 1.42. The van der Waals surface area contributed by atoms with Crippen LogP contribution in [0.1, 0.15) is 30.1 Å². The van der Waals surface area contributed by atoms with E-state index in [1.54, 1.807) is 0 Å². The van der Waals surface area contributed by atoms with E-state index in [9.17, 15) is 9.90 Å². The molecule has 0 amide bonds. The van der Waals surface area contributed by atoms with Crippen LogP contribution in [-0.2, 0) is 17.7 Å². The second-order valence-corrected chi connectivity index (χ2v) is 7.32. The second kappa shape index (κ2) is 7.07. The minimum absolute atomic E-state index is 0.0224. The predicted molar refractivity (Wildman–Crippen MR) is 98.0 cm³/mol. The summed E-state index contributed by atoms with van der Waals surface area (Å²) >= 11 is 1.37. The van der Waals surface area contributed by atoms with Crippen molar-refractivity contribution in [1.82, 2.24) is 9.55 Å². The molecule has 0 spiro atoms. The second-order valence-electron chi connectivity index (χ2n) is 6.40. The van der Waals surface area contributed by atoms with Crippen LogP contribution in [0.2, 0.25) is 0 Å². The van der Waals surface area contributed by atoms with Crippen LogP contribution in [0.4, 0.5) is 0 Å². The highest BCUT2D eigenvalue weighted by atomic mass is 32.1. The number of fused-ring (bicyclic) bond motifs is 2. The van der Waals surface area contributed by atoms with E-state index in [4.69, 9.17) is 4.74 Å². The van der Waals surface area contributed by atoms with Gasteiger partial charge >= 0.3 is 0 Å². The molecule has 2 atom stereocenters. The number of aliphatic hydroxyl groups is 1. The summed E-state index contributed by atoms with van der Waals surface area (Å²) in [6.07, 6.45) is 3.92. The predicted octanol–water partition coefficient (Wildman–Crippen LogP) is 2.91. The van der Waals surface area contributed by atoms with Crippen molar-refractivity contribution in [3.8, 4) is 0 Å². The molecule has 0 saturated heterocycles. The number of aromatic nitrogens is 2. The Hall–Kier alpha value is -2.02. The van der Waals surface area contributed by atoms with E-state index < -0.39 is 6.10 Å². The van der Waals surface area contributed by atoms with Crippen molar-refractivity contribution in [1.29, 1.82) is 0 Å². The largest absolute Gasteiger partial charge is 0.389 e. The lowest BCUT2D eigenvalue weighted by Gasteiger charge is -2.26. The van der Waals surface area contributed by atoms with Crippen molar-refractivity contribution < 1.29 is 9.84 Å². The smallest absolute Gasteiger partial charge is 0.271 e. The molecule has 1 aliphatic rings. The molecule has 0 radical (unpaired) electrons. The molecule has 1 aliphatic carbocycles. The summed E-state index contributed by atoms with van der Waals surface area (Å²) < 4.78 is 8.05. The van der Waals surface area contributed by atoms with Crippen molar-refractivity contribution >= 4 is 21.6 Å². The molecule has 3 aromatic rings. The van der Waals surface area contributed by atoms with Gasteiger partial charge in [-0.3, -0.25) is 9.36 Å². The lowest BCUT2D eigenvalue weighted by molar-refractivity contribution is -0.0228. The molecule has 6 heteroatoms. The van der Waals surface area contributed by atoms with Crippen LogP contribution in [0.25, 0.3) is 10.2 Å². The molecule has 4 rings (SSSR count). The Morgan fingerprint density at radius 2 is 2.24 bits per heavy atom. The number of aryl methyl sites for hydroxylation is 1. The Labute approximate surface area is 149 Å². The average molecular weight is 356 g/mol. The van der Waals surface area contributed by atoms with Crippen LogP contribution < -0.4 is 5.56 Å². The van der Waals surface area contributed by atoms with Gasteiger partial charge in [0, 0.05) is 0 Å². The normalized spacial score (nSPS) is 18.2. The first-order valence-electron chi connectivity index (χ1n) is 8.52. The number of hydrogen-bond acceptors (Lipinski definition) is 5. The lowest BCUT2D eigenvalue weighted by atomic mass is 9.89. The summed E-state index contributed by atoms with van der Waals surface area (Å²) in [5, 5.41) is 12.2. The zero-order valence-electron chi connectivity index (χ0n) is 13.8. The number of aliphatic hydroxyl groups excluding tert-OH is 1. The molecule has 0 bridgehead atoms. The molecule has 25 heavy (non-hydrogen) atoms. The fourth-order valence-electron chi connectivity index (χ4n) is 3.40. The summed E-state index contributed by atoms with van der Waals surface area (Å²) in [4.78, 5) is 16.6. The first-order chi connectivity index (χ1) is 12.2. The van der Waals surface area contributed by atoms with Gasteiger partial charge in [-0.1, -0.05) is 24.3 Å². The van der Waals surface area contributed by atoms with E-state index in [-0.39, 0.29) is 24.8 Å². The average Bonchev–Trinajstić information content (AvgIpc) is 3.12. The third kappa shape index (κ3) is 3.38. The van der Waals surface area contributed by atoms with Gasteiger partial charge in [0.1, 0.15) is 4.70 Å². The highest BCUT2D eigenvalue weighted by Crippen LogP contribution is 2.32. The van der Waals surface area contributed by atoms with Crippen LogP contribution in [0, 0.1) is 0 Å². The molecular weight excluding hydrogens is 336 g/mol. The van der Waals surface area contributed by atoms with Gasteiger partial charge < -0.3 is 9.84 Å². The monoisotopic (exact) mass is 356 g/mol. The van der Waals surface area contributed by atoms with Gasteiger partial charge in [-0.2, -0.15) is 0 Å². The molecule has 0 aliphatic heterocycles. The molecule has 2 aromatic heterocycles. The van der Waals surface area contributed by atoms with Gasteiger partial charge in [0.25, 0.3) is 5.56 Å². The van der Waals surface area contributed by atoms with Gasteiger partial charge in [-0.15, -0.1) is 11.3 Å². The minimum Gasteiger partial charge on any atom is -0.389 e. The number of hydrogen-bond donors (Lipinski definition) is 1. The summed E-state index contributed by atoms with van der Waals surface area (Å²) in [5.74, 6) is 0. The van der Waals surface area contributed by atoms with Crippen molar-refractivity contribution in [3.63, 3.8) is 0 Å². The lowest BCUT2D eigenvalue weighted by Crippen LogP contribution is -2.30. The summed E-state index contributed by atoms with van der Waals surface area (Å²) in [7, 11) is 0. The first-order valence-corrected chi connectivity index (χ1v) is 9.40. The standard InChI is InChI=1S/C19H20N2O3S/c22-14(10-21-12-20-16-8-9-25-18(16)19(21)23)11-24-17-7-3-5-13-4-1-2-6-15(13)17/h1-2,4,6,8-9,12,14,17,22H,3,5,7,10-11H2/t14-,17+/m1/s1. The molecule has 130 valence electrons. The number of thiophene rings is 1. The third-order valence-electron chi connectivity index (χ3n) is 4.65. The van der Waals surface area contributed by atoms with E-state index >= 15 is 0 Å². The molecule has 1 N–H and O–H groups in total. The summed E-state index contributed by atoms with van der Waals surface area (Å²) in [5.41, 5.74) is 3.15. The topological polar surface area (TPSA) is 64.4 Å². The van der Waals surface area contributed by atoms with Crippen molar-refractivity contribution in [3.05, 3.63) is 63.5 Å². The van der Waals surface area contributed by atoms with Gasteiger partial charge in [-0.25, -0.2) is 4.98 Å². The maximum Gasteiger partial charge on any atom is 0.271 e. The zero-order chi connectivity index (χ0) is 17.2. The van der Waals surface area contributed by atoms with E-state index in [2.05, 4.69) is 23.2 Å². The van der Waals surface area contributed by atoms with E-state index in [1.807, 2.05) is 17.5 Å². The highest BCUT2D eigenvalue weighted by Gasteiger charge is 2.21. The minimum atomic E-state index is -0.744. The number of benzene rings is 1. The molecular formula is C19H20N2O3S. The molecule has 0 fully saturated rings. The Kier molecular flexibility index (Phi) is 4.65.